The maximum absolute atomic E-state index is 13.0. The lowest BCUT2D eigenvalue weighted by Crippen LogP contribution is -2.35. The second-order valence-corrected chi connectivity index (χ2v) is 12.6. The van der Waals surface area contributed by atoms with Crippen molar-refractivity contribution in [1.29, 1.82) is 0 Å². The van der Waals surface area contributed by atoms with Crippen LogP contribution < -0.4 is 16.0 Å². The zero-order valence-corrected chi connectivity index (χ0v) is 30.9. The van der Waals surface area contributed by atoms with Crippen LogP contribution in [-0.4, -0.2) is 83.9 Å². The van der Waals surface area contributed by atoms with Gasteiger partial charge in [0.2, 0.25) is 5.91 Å². The molecule has 0 aliphatic carbocycles. The van der Waals surface area contributed by atoms with Crippen molar-refractivity contribution >= 4 is 58.7 Å². The van der Waals surface area contributed by atoms with Crippen LogP contribution in [0.5, 0.6) is 0 Å². The Morgan fingerprint density at radius 3 is 2.30 bits per heavy atom. The molecule has 0 spiro atoms. The number of H-pyrrole nitrogens is 1. The molecule has 0 saturated heterocycles. The molecule has 2 atom stereocenters. The maximum atomic E-state index is 13.0. The molecule has 2 heterocycles. The number of benzene rings is 2. The van der Waals surface area contributed by atoms with Crippen LogP contribution in [0.4, 0.5) is 11.4 Å². The molecule has 0 radical (unpaired) electrons. The molecule has 3 aromatic rings. The van der Waals surface area contributed by atoms with Crippen LogP contribution in [0.2, 0.25) is 0 Å². The number of ether oxygens (including phenoxy) is 3. The van der Waals surface area contributed by atoms with Crippen LogP contribution >= 0.6 is 0 Å². The van der Waals surface area contributed by atoms with Gasteiger partial charge in [-0.15, -0.1) is 0 Å². The lowest BCUT2D eigenvalue weighted by molar-refractivity contribution is -0.177. The summed E-state index contributed by atoms with van der Waals surface area (Å²) in [5.74, 6) is -3.54. The largest absolute Gasteiger partial charge is 0.458 e. The number of nitrogens with one attached hydrogen (secondary N) is 4. The third-order valence-electron chi connectivity index (χ3n) is 8.73. The SMILES string of the molecule is CCN(CC)CCNC(=O)c1c(C)[nH]c(/C=C2\C(=O)Nc3ccc(NC(=O)CCC(=O)OC(C)C(=O)O[C@@H](C)C(=O)OCc4ccccc4)cc32)c1C. The van der Waals surface area contributed by atoms with Gasteiger partial charge in [-0.3, -0.25) is 19.2 Å². The number of amides is 3. The molecule has 282 valence electrons. The highest BCUT2D eigenvalue weighted by Crippen LogP contribution is 2.36. The van der Waals surface area contributed by atoms with E-state index in [4.69, 9.17) is 14.2 Å². The van der Waals surface area contributed by atoms with Gasteiger partial charge in [0.15, 0.2) is 12.2 Å². The third-order valence-corrected chi connectivity index (χ3v) is 8.73. The monoisotopic (exact) mass is 729 g/mol. The smallest absolute Gasteiger partial charge is 0.347 e. The maximum Gasteiger partial charge on any atom is 0.347 e. The quantitative estimate of drug-likeness (QED) is 0.0875. The lowest BCUT2D eigenvalue weighted by atomic mass is 10.0. The fourth-order valence-electron chi connectivity index (χ4n) is 5.68. The number of carbonyl (C=O) groups is 6. The van der Waals surface area contributed by atoms with Gasteiger partial charge in [-0.25, -0.2) is 9.59 Å². The van der Waals surface area contributed by atoms with Crippen LogP contribution in [0.15, 0.2) is 48.5 Å². The third kappa shape index (κ3) is 10.9. The molecule has 4 rings (SSSR count). The summed E-state index contributed by atoms with van der Waals surface area (Å²) in [4.78, 5) is 81.3. The number of nitrogens with zero attached hydrogens (tertiary/aromatic N) is 1. The first-order valence-corrected chi connectivity index (χ1v) is 17.6. The zero-order chi connectivity index (χ0) is 38.7. The van der Waals surface area contributed by atoms with E-state index in [1.807, 2.05) is 13.0 Å². The fraction of sp³-hybridized carbons (Fsp3) is 0.385. The molecule has 14 nitrogen and oxygen atoms in total. The minimum Gasteiger partial charge on any atom is -0.458 e. The summed E-state index contributed by atoms with van der Waals surface area (Å²) >= 11 is 0. The highest BCUT2D eigenvalue weighted by Gasteiger charge is 2.28. The topological polar surface area (TPSA) is 185 Å². The minimum atomic E-state index is -1.32. The molecular formula is C39H47N5O9. The number of anilines is 2. The first kappa shape index (κ1) is 40.0. The minimum absolute atomic E-state index is 0.0133. The average molecular weight is 730 g/mol. The normalized spacial score (nSPS) is 13.9. The van der Waals surface area contributed by atoms with Gasteiger partial charge in [0.1, 0.15) is 6.61 Å². The molecule has 3 amide bonds. The van der Waals surface area contributed by atoms with Gasteiger partial charge in [0.05, 0.1) is 17.6 Å². The van der Waals surface area contributed by atoms with E-state index in [1.54, 1.807) is 55.5 Å². The number of esters is 3. The predicted molar refractivity (Wildman–Crippen MR) is 199 cm³/mol. The van der Waals surface area contributed by atoms with Gasteiger partial charge >= 0.3 is 17.9 Å². The summed E-state index contributed by atoms with van der Waals surface area (Å²) in [6, 6.07) is 13.9. The number of aryl methyl sites for hydroxylation is 1. The number of hydrogen-bond donors (Lipinski definition) is 4. The van der Waals surface area contributed by atoms with E-state index < -0.39 is 36.0 Å². The van der Waals surface area contributed by atoms with E-state index in [0.29, 0.717) is 51.6 Å². The van der Waals surface area contributed by atoms with Crippen molar-refractivity contribution in [2.24, 2.45) is 0 Å². The molecule has 1 aliphatic rings. The van der Waals surface area contributed by atoms with Gasteiger partial charge < -0.3 is 40.0 Å². The highest BCUT2D eigenvalue weighted by atomic mass is 16.6. The number of rotatable bonds is 17. The molecular weight excluding hydrogens is 682 g/mol. The number of likely N-dealkylation sites (N-methyl/N-ethyl adjacent to an activating group) is 1. The molecule has 0 fully saturated rings. The molecule has 4 N–H and O–H groups in total. The number of hydrogen-bond acceptors (Lipinski definition) is 10. The van der Waals surface area contributed by atoms with Crippen molar-refractivity contribution < 1.29 is 43.0 Å². The Labute approximate surface area is 308 Å². The van der Waals surface area contributed by atoms with E-state index in [2.05, 4.69) is 39.7 Å². The number of aromatic amines is 1. The van der Waals surface area contributed by atoms with Gasteiger partial charge in [-0.05, 0) is 76.2 Å². The van der Waals surface area contributed by atoms with Crippen LogP contribution in [0, 0.1) is 13.8 Å². The first-order chi connectivity index (χ1) is 25.3. The molecule has 14 heteroatoms. The van der Waals surface area contributed by atoms with Crippen molar-refractivity contribution in [2.75, 3.05) is 36.8 Å². The van der Waals surface area contributed by atoms with E-state index in [1.165, 1.54) is 13.8 Å². The lowest BCUT2D eigenvalue weighted by Gasteiger charge is -2.18. The van der Waals surface area contributed by atoms with Crippen LogP contribution in [0.25, 0.3) is 11.6 Å². The molecule has 1 unspecified atom stereocenters. The number of aromatic nitrogens is 1. The standard InChI is InChI=1S/C39H47N5O9/c1-7-44(8-2)19-18-40-37(48)35-23(3)32(41-24(35)4)21-30-29-20-28(14-15-31(29)43-36(30)47)42-33(45)16-17-34(46)52-26(6)39(50)53-25(5)38(49)51-22-27-12-10-9-11-13-27/h9-15,20-21,25-26,41H,7-8,16-19,22H2,1-6H3,(H,40,48)(H,42,45)(H,43,47)/b30-21-/t25-,26?/m0/s1. The summed E-state index contributed by atoms with van der Waals surface area (Å²) in [5.41, 5.74) is 5.12. The Morgan fingerprint density at radius 1 is 0.906 bits per heavy atom. The Morgan fingerprint density at radius 2 is 1.60 bits per heavy atom. The first-order valence-electron chi connectivity index (χ1n) is 17.6. The highest BCUT2D eigenvalue weighted by molar-refractivity contribution is 6.35. The summed E-state index contributed by atoms with van der Waals surface area (Å²) in [6.07, 6.45) is -1.44. The van der Waals surface area contributed by atoms with Crippen molar-refractivity contribution in [2.45, 2.75) is 73.2 Å². The Kier molecular flexibility index (Phi) is 14.1. The van der Waals surface area contributed by atoms with Crippen molar-refractivity contribution in [1.82, 2.24) is 15.2 Å². The number of fused-ring (bicyclic) bond motifs is 1. The van der Waals surface area contributed by atoms with Gasteiger partial charge in [0.25, 0.3) is 11.8 Å². The molecule has 2 aromatic carbocycles. The van der Waals surface area contributed by atoms with Crippen LogP contribution in [0.3, 0.4) is 0 Å². The second kappa shape index (κ2) is 18.6. The molecule has 0 saturated carbocycles. The van der Waals surface area contributed by atoms with Gasteiger partial charge in [-0.2, -0.15) is 0 Å². The molecule has 1 aliphatic heterocycles. The van der Waals surface area contributed by atoms with Crippen molar-refractivity contribution in [3.8, 4) is 0 Å². The summed E-state index contributed by atoms with van der Waals surface area (Å²) in [7, 11) is 0. The van der Waals surface area contributed by atoms with E-state index in [-0.39, 0.29) is 31.3 Å². The second-order valence-electron chi connectivity index (χ2n) is 12.6. The Bertz CT molecular complexity index is 1860. The molecule has 53 heavy (non-hydrogen) atoms. The summed E-state index contributed by atoms with van der Waals surface area (Å²) in [6.45, 7) is 13.5. The predicted octanol–water partition coefficient (Wildman–Crippen LogP) is 4.52. The van der Waals surface area contributed by atoms with Crippen molar-refractivity contribution in [3.63, 3.8) is 0 Å². The van der Waals surface area contributed by atoms with Crippen molar-refractivity contribution in [3.05, 3.63) is 82.2 Å². The molecule has 1 aromatic heterocycles. The average Bonchev–Trinajstić information content (AvgIpc) is 3.60. The van der Waals surface area contributed by atoms with E-state index >= 15 is 0 Å². The zero-order valence-electron chi connectivity index (χ0n) is 30.9. The van der Waals surface area contributed by atoms with Crippen LogP contribution in [-0.2, 0) is 44.8 Å². The van der Waals surface area contributed by atoms with E-state index in [0.717, 1.165) is 25.2 Å². The summed E-state index contributed by atoms with van der Waals surface area (Å²) < 4.78 is 15.4. The van der Waals surface area contributed by atoms with Crippen LogP contribution in [0.1, 0.15) is 79.0 Å². The fourth-order valence-corrected chi connectivity index (χ4v) is 5.68. The van der Waals surface area contributed by atoms with Gasteiger partial charge in [0, 0.05) is 47.8 Å². The Balaban J connectivity index is 1.29. The van der Waals surface area contributed by atoms with E-state index in [9.17, 15) is 28.8 Å². The molecule has 0 bridgehead atoms. The summed E-state index contributed by atoms with van der Waals surface area (Å²) in [5, 5.41) is 8.52. The number of carbonyl (C=O) groups excluding carboxylic acids is 6. The Hall–Kier alpha value is -5.76. The van der Waals surface area contributed by atoms with Gasteiger partial charge in [-0.1, -0.05) is 44.2 Å².